The molecule has 0 unspecified atom stereocenters. The van der Waals surface area contributed by atoms with Crippen molar-refractivity contribution in [2.45, 2.75) is 19.3 Å². The summed E-state index contributed by atoms with van der Waals surface area (Å²) >= 11 is 1.64. The Balaban J connectivity index is 1.80. The summed E-state index contributed by atoms with van der Waals surface area (Å²) in [6.45, 7) is 1.10. The number of hydrogen-bond acceptors (Lipinski definition) is 5. The number of piperidine rings is 1. The first-order chi connectivity index (χ1) is 9.47. The molecule has 0 bridgehead atoms. The summed E-state index contributed by atoms with van der Waals surface area (Å²) in [6.07, 6.45) is 3.30. The van der Waals surface area contributed by atoms with Gasteiger partial charge in [-0.3, -0.25) is 4.79 Å². The number of sulfonamides is 1. The van der Waals surface area contributed by atoms with E-state index in [0.29, 0.717) is 32.4 Å². The van der Waals surface area contributed by atoms with E-state index < -0.39 is 10.0 Å². The number of hydrogen-bond donors (Lipinski definition) is 0. The van der Waals surface area contributed by atoms with E-state index in [4.69, 9.17) is 4.74 Å². The second-order valence-electron chi connectivity index (χ2n) is 4.96. The van der Waals surface area contributed by atoms with Gasteiger partial charge in [-0.2, -0.15) is 0 Å². The van der Waals surface area contributed by atoms with Crippen molar-refractivity contribution in [2.75, 3.05) is 26.0 Å². The topological polar surface area (TPSA) is 63.7 Å². The van der Waals surface area contributed by atoms with Crippen LogP contribution in [0, 0.1) is 5.92 Å². The van der Waals surface area contributed by atoms with Crippen LogP contribution in [0.4, 0.5) is 0 Å². The van der Waals surface area contributed by atoms with Crippen LogP contribution in [0.15, 0.2) is 17.5 Å². The van der Waals surface area contributed by atoms with Crippen LogP contribution in [-0.2, 0) is 26.0 Å². The minimum atomic E-state index is -3.22. The molecule has 5 nitrogen and oxygen atoms in total. The third-order valence-electron chi connectivity index (χ3n) is 3.36. The maximum atomic E-state index is 12.0. The summed E-state index contributed by atoms with van der Waals surface area (Å²) in [5, 5.41) is 1.99. The normalized spacial score (nSPS) is 20.8. The standard InChI is InChI=1S/C13H19NO4S2/c1-20(16,17)14-7-2-4-11(10-14)13(15)18-8-6-12-5-3-9-19-12/h3,5,9,11H,2,4,6-8,10H2,1H3/t11-/m1/s1. The zero-order valence-electron chi connectivity index (χ0n) is 11.4. The molecule has 7 heteroatoms. The van der Waals surface area contributed by atoms with Gasteiger partial charge in [-0.25, -0.2) is 12.7 Å². The van der Waals surface area contributed by atoms with Gasteiger partial charge in [-0.15, -0.1) is 11.3 Å². The van der Waals surface area contributed by atoms with Crippen LogP contribution < -0.4 is 0 Å². The van der Waals surface area contributed by atoms with Crippen molar-refractivity contribution in [1.82, 2.24) is 4.31 Å². The molecule has 1 aromatic rings. The molecule has 1 atom stereocenters. The molecule has 0 amide bonds. The SMILES string of the molecule is CS(=O)(=O)N1CCC[C@@H](C(=O)OCCc2cccs2)C1. The lowest BCUT2D eigenvalue weighted by atomic mass is 10.00. The second-order valence-corrected chi connectivity index (χ2v) is 7.97. The Morgan fingerprint density at radius 3 is 3.00 bits per heavy atom. The maximum absolute atomic E-state index is 12.0. The Labute approximate surface area is 123 Å². The number of carbonyl (C=O) groups is 1. The van der Waals surface area contributed by atoms with Crippen molar-refractivity contribution in [3.63, 3.8) is 0 Å². The molecule has 1 fully saturated rings. The number of rotatable bonds is 5. The zero-order chi connectivity index (χ0) is 14.6. The lowest BCUT2D eigenvalue weighted by Gasteiger charge is -2.29. The van der Waals surface area contributed by atoms with Gasteiger partial charge in [0.1, 0.15) is 0 Å². The highest BCUT2D eigenvalue weighted by Gasteiger charge is 2.30. The van der Waals surface area contributed by atoms with Gasteiger partial charge in [0, 0.05) is 24.4 Å². The third-order valence-corrected chi connectivity index (χ3v) is 5.57. The van der Waals surface area contributed by atoms with Crippen molar-refractivity contribution in [3.05, 3.63) is 22.4 Å². The first-order valence-corrected chi connectivity index (χ1v) is 9.34. The highest BCUT2D eigenvalue weighted by molar-refractivity contribution is 7.88. The molecule has 1 saturated heterocycles. The van der Waals surface area contributed by atoms with Gasteiger partial charge < -0.3 is 4.74 Å². The van der Waals surface area contributed by atoms with E-state index in [2.05, 4.69) is 0 Å². The van der Waals surface area contributed by atoms with Crippen molar-refractivity contribution in [2.24, 2.45) is 5.92 Å². The summed E-state index contributed by atoms with van der Waals surface area (Å²) in [5.41, 5.74) is 0. The highest BCUT2D eigenvalue weighted by Crippen LogP contribution is 2.20. The van der Waals surface area contributed by atoms with E-state index in [1.165, 1.54) is 15.4 Å². The number of carbonyl (C=O) groups excluding carboxylic acids is 1. The number of thiophene rings is 1. The molecule has 1 aliphatic rings. The Morgan fingerprint density at radius 2 is 2.35 bits per heavy atom. The van der Waals surface area contributed by atoms with E-state index >= 15 is 0 Å². The fraction of sp³-hybridized carbons (Fsp3) is 0.615. The van der Waals surface area contributed by atoms with Crippen molar-refractivity contribution >= 4 is 27.3 Å². The summed E-state index contributed by atoms with van der Waals surface area (Å²) in [6, 6.07) is 3.97. The van der Waals surface area contributed by atoms with Gasteiger partial charge in [-0.1, -0.05) is 6.07 Å². The fourth-order valence-electron chi connectivity index (χ4n) is 2.26. The molecule has 20 heavy (non-hydrogen) atoms. The number of nitrogens with zero attached hydrogens (tertiary/aromatic N) is 1. The first kappa shape index (κ1) is 15.5. The Morgan fingerprint density at radius 1 is 1.55 bits per heavy atom. The van der Waals surface area contributed by atoms with E-state index in [0.717, 1.165) is 0 Å². The van der Waals surface area contributed by atoms with Crippen LogP contribution in [0.25, 0.3) is 0 Å². The summed E-state index contributed by atoms with van der Waals surface area (Å²) < 4.78 is 29.6. The molecular weight excluding hydrogens is 298 g/mol. The number of ether oxygens (including phenoxy) is 1. The molecule has 0 N–H and O–H groups in total. The monoisotopic (exact) mass is 317 g/mol. The first-order valence-electron chi connectivity index (χ1n) is 6.61. The molecule has 112 valence electrons. The maximum Gasteiger partial charge on any atom is 0.310 e. The Bertz CT molecular complexity index is 539. The van der Waals surface area contributed by atoms with Crippen LogP contribution in [-0.4, -0.2) is 44.6 Å². The molecule has 0 radical (unpaired) electrons. The minimum absolute atomic E-state index is 0.247. The van der Waals surface area contributed by atoms with Crippen molar-refractivity contribution < 1.29 is 17.9 Å². The second kappa shape index (κ2) is 6.69. The largest absolute Gasteiger partial charge is 0.465 e. The Kier molecular flexibility index (Phi) is 5.17. The van der Waals surface area contributed by atoms with Crippen LogP contribution in [0.2, 0.25) is 0 Å². The van der Waals surface area contributed by atoms with E-state index in [1.807, 2.05) is 17.5 Å². The quantitative estimate of drug-likeness (QED) is 0.772. The predicted octanol–water partition coefficient (Wildman–Crippen LogP) is 1.51. The Hall–Kier alpha value is -0.920. The van der Waals surface area contributed by atoms with Crippen molar-refractivity contribution in [1.29, 1.82) is 0 Å². The zero-order valence-corrected chi connectivity index (χ0v) is 13.1. The lowest BCUT2D eigenvalue weighted by Crippen LogP contribution is -2.42. The van der Waals surface area contributed by atoms with Crippen molar-refractivity contribution in [3.8, 4) is 0 Å². The van der Waals surface area contributed by atoms with Gasteiger partial charge in [0.2, 0.25) is 10.0 Å². The van der Waals surface area contributed by atoms with Gasteiger partial charge in [-0.05, 0) is 24.3 Å². The lowest BCUT2D eigenvalue weighted by molar-refractivity contribution is -0.149. The minimum Gasteiger partial charge on any atom is -0.465 e. The highest BCUT2D eigenvalue weighted by atomic mass is 32.2. The average molecular weight is 317 g/mol. The van der Waals surface area contributed by atoms with Crippen LogP contribution >= 0.6 is 11.3 Å². The molecule has 0 saturated carbocycles. The smallest absolute Gasteiger partial charge is 0.310 e. The molecule has 2 rings (SSSR count). The molecule has 1 aliphatic heterocycles. The third kappa shape index (κ3) is 4.29. The fourth-order valence-corrected chi connectivity index (χ4v) is 3.86. The van der Waals surface area contributed by atoms with E-state index in [-0.39, 0.29) is 18.4 Å². The van der Waals surface area contributed by atoms with Crippen LogP contribution in [0.5, 0.6) is 0 Å². The van der Waals surface area contributed by atoms with Crippen LogP contribution in [0.1, 0.15) is 17.7 Å². The number of esters is 1. The summed E-state index contributed by atoms with van der Waals surface area (Å²) in [5.74, 6) is -0.614. The molecule has 0 aromatic carbocycles. The van der Waals surface area contributed by atoms with Gasteiger partial charge in [0.15, 0.2) is 0 Å². The molecule has 1 aromatic heterocycles. The van der Waals surface area contributed by atoms with E-state index in [9.17, 15) is 13.2 Å². The summed E-state index contributed by atoms with van der Waals surface area (Å²) in [7, 11) is -3.22. The van der Waals surface area contributed by atoms with Gasteiger partial charge in [0.25, 0.3) is 0 Å². The van der Waals surface area contributed by atoms with Gasteiger partial charge in [0.05, 0.1) is 18.8 Å². The molecule has 2 heterocycles. The average Bonchev–Trinajstić information content (AvgIpc) is 2.91. The molecule has 0 aliphatic carbocycles. The van der Waals surface area contributed by atoms with Crippen LogP contribution in [0.3, 0.4) is 0 Å². The predicted molar refractivity (Wildman–Crippen MR) is 78.1 cm³/mol. The molecule has 0 spiro atoms. The van der Waals surface area contributed by atoms with Gasteiger partial charge >= 0.3 is 5.97 Å². The van der Waals surface area contributed by atoms with E-state index in [1.54, 1.807) is 11.3 Å². The summed E-state index contributed by atoms with van der Waals surface area (Å²) in [4.78, 5) is 13.1. The molecular formula is C13H19NO4S2.